The van der Waals surface area contributed by atoms with Gasteiger partial charge in [-0.15, -0.1) is 0 Å². The third-order valence-electron chi connectivity index (χ3n) is 4.11. The van der Waals surface area contributed by atoms with Crippen LogP contribution in [0, 0.1) is 0 Å². The van der Waals surface area contributed by atoms with E-state index >= 15 is 0 Å². The Morgan fingerprint density at radius 3 is 2.89 bits per heavy atom. The number of aromatic nitrogens is 3. The molecule has 0 saturated carbocycles. The number of rotatable bonds is 5. The number of aliphatic hydroxyl groups is 1. The number of thiazole rings is 1. The lowest BCUT2D eigenvalue weighted by Gasteiger charge is -2.03. The number of anilines is 2. The first-order valence-corrected chi connectivity index (χ1v) is 9.43. The van der Waals surface area contributed by atoms with Crippen LogP contribution in [-0.2, 0) is 7.05 Å². The lowest BCUT2D eigenvalue weighted by Crippen LogP contribution is -2.26. The Bertz CT molecular complexity index is 1150. The van der Waals surface area contributed by atoms with Crippen LogP contribution in [0.4, 0.5) is 11.1 Å². The Kier molecular flexibility index (Phi) is 4.69. The van der Waals surface area contributed by atoms with E-state index in [1.165, 1.54) is 11.3 Å². The van der Waals surface area contributed by atoms with Crippen LogP contribution in [0.25, 0.3) is 21.3 Å². The number of halogens is 1. The number of carbonyl (C=O) groups is 1. The summed E-state index contributed by atoms with van der Waals surface area (Å²) >= 11 is 7.53. The molecule has 0 aliphatic carbocycles. The van der Waals surface area contributed by atoms with Gasteiger partial charge in [-0.2, -0.15) is 0 Å². The van der Waals surface area contributed by atoms with Crippen molar-refractivity contribution in [2.45, 2.75) is 0 Å². The van der Waals surface area contributed by atoms with Crippen LogP contribution in [0.15, 0.2) is 36.4 Å². The van der Waals surface area contributed by atoms with Gasteiger partial charge in [-0.25, -0.2) is 9.97 Å². The molecular weight excluding hydrogens is 386 g/mol. The highest BCUT2D eigenvalue weighted by Crippen LogP contribution is 2.30. The van der Waals surface area contributed by atoms with E-state index in [0.717, 1.165) is 15.7 Å². The zero-order valence-corrected chi connectivity index (χ0v) is 15.9. The average Bonchev–Trinajstić information content (AvgIpc) is 3.19. The number of amides is 1. The molecule has 138 valence electrons. The van der Waals surface area contributed by atoms with Crippen molar-refractivity contribution in [3.8, 4) is 0 Å². The van der Waals surface area contributed by atoms with Crippen molar-refractivity contribution < 1.29 is 9.90 Å². The van der Waals surface area contributed by atoms with Gasteiger partial charge in [-0.1, -0.05) is 22.9 Å². The molecule has 0 bridgehead atoms. The van der Waals surface area contributed by atoms with Crippen LogP contribution in [-0.4, -0.2) is 38.7 Å². The number of benzene rings is 2. The van der Waals surface area contributed by atoms with Crippen molar-refractivity contribution in [1.82, 2.24) is 19.9 Å². The van der Waals surface area contributed by atoms with Gasteiger partial charge in [0.1, 0.15) is 0 Å². The van der Waals surface area contributed by atoms with E-state index in [2.05, 4.69) is 20.6 Å². The van der Waals surface area contributed by atoms with E-state index in [9.17, 15) is 4.79 Å². The number of hydrogen-bond donors (Lipinski definition) is 3. The molecule has 9 heteroatoms. The normalized spacial score (nSPS) is 11.2. The minimum absolute atomic E-state index is 0.0982. The summed E-state index contributed by atoms with van der Waals surface area (Å²) in [6.07, 6.45) is 0. The van der Waals surface area contributed by atoms with Crippen LogP contribution in [0.5, 0.6) is 0 Å². The first-order chi connectivity index (χ1) is 13.0. The number of aryl methyl sites for hydroxylation is 1. The zero-order valence-electron chi connectivity index (χ0n) is 14.4. The lowest BCUT2D eigenvalue weighted by atomic mass is 10.2. The van der Waals surface area contributed by atoms with Crippen LogP contribution in [0.3, 0.4) is 0 Å². The molecule has 0 radical (unpaired) electrons. The smallest absolute Gasteiger partial charge is 0.251 e. The molecule has 2 aromatic carbocycles. The van der Waals surface area contributed by atoms with E-state index in [-0.39, 0.29) is 19.1 Å². The Balaban J connectivity index is 1.64. The topological polar surface area (TPSA) is 92.1 Å². The van der Waals surface area contributed by atoms with E-state index in [4.69, 9.17) is 16.7 Å². The van der Waals surface area contributed by atoms with E-state index in [1.54, 1.807) is 12.1 Å². The number of nitrogens with one attached hydrogen (secondary N) is 2. The molecule has 0 spiro atoms. The fraction of sp³-hybridized carbons (Fsp3) is 0.167. The number of hydrogen-bond acceptors (Lipinski definition) is 6. The molecule has 4 aromatic rings. The maximum Gasteiger partial charge on any atom is 0.251 e. The molecule has 0 aliphatic rings. The van der Waals surface area contributed by atoms with Crippen LogP contribution in [0.1, 0.15) is 10.4 Å². The van der Waals surface area contributed by atoms with Gasteiger partial charge in [0.15, 0.2) is 5.13 Å². The summed E-state index contributed by atoms with van der Waals surface area (Å²) in [7, 11) is 1.90. The number of nitrogens with zero attached hydrogens (tertiary/aromatic N) is 3. The van der Waals surface area contributed by atoms with Crippen molar-refractivity contribution in [1.29, 1.82) is 0 Å². The third kappa shape index (κ3) is 3.46. The first kappa shape index (κ1) is 17.7. The second kappa shape index (κ2) is 7.15. The molecule has 2 aromatic heterocycles. The predicted molar refractivity (Wildman–Crippen MR) is 108 cm³/mol. The summed E-state index contributed by atoms with van der Waals surface area (Å²) < 4.78 is 2.90. The summed E-state index contributed by atoms with van der Waals surface area (Å²) in [4.78, 5) is 21.2. The quantitative estimate of drug-likeness (QED) is 0.477. The highest BCUT2D eigenvalue weighted by molar-refractivity contribution is 7.22. The molecule has 0 atom stereocenters. The molecule has 1 amide bonds. The van der Waals surface area contributed by atoms with Crippen molar-refractivity contribution in [2.24, 2.45) is 7.05 Å². The van der Waals surface area contributed by atoms with Crippen molar-refractivity contribution in [3.05, 3.63) is 47.0 Å². The number of imidazole rings is 1. The van der Waals surface area contributed by atoms with Gasteiger partial charge in [-0.05, 0) is 36.4 Å². The first-order valence-electron chi connectivity index (χ1n) is 8.24. The second-order valence-corrected chi connectivity index (χ2v) is 7.40. The van der Waals surface area contributed by atoms with Gasteiger partial charge in [-0.3, -0.25) is 4.79 Å². The third-order valence-corrected chi connectivity index (χ3v) is 5.28. The van der Waals surface area contributed by atoms with E-state index < -0.39 is 0 Å². The van der Waals surface area contributed by atoms with Gasteiger partial charge >= 0.3 is 0 Å². The maximum atomic E-state index is 12.1. The monoisotopic (exact) mass is 401 g/mol. The Morgan fingerprint density at radius 1 is 1.22 bits per heavy atom. The minimum atomic E-state index is -0.242. The Morgan fingerprint density at radius 2 is 2.07 bits per heavy atom. The molecule has 4 rings (SSSR count). The summed E-state index contributed by atoms with van der Waals surface area (Å²) in [5.41, 5.74) is 2.95. The summed E-state index contributed by atoms with van der Waals surface area (Å²) in [6, 6.07) is 10.9. The molecule has 0 aliphatic heterocycles. The molecule has 0 unspecified atom stereocenters. The Hall–Kier alpha value is -2.68. The molecule has 0 fully saturated rings. The minimum Gasteiger partial charge on any atom is -0.395 e. The van der Waals surface area contributed by atoms with Gasteiger partial charge < -0.3 is 20.3 Å². The fourth-order valence-electron chi connectivity index (χ4n) is 2.77. The van der Waals surface area contributed by atoms with E-state index in [1.807, 2.05) is 35.9 Å². The van der Waals surface area contributed by atoms with Gasteiger partial charge in [0.05, 0.1) is 27.9 Å². The average molecular weight is 402 g/mol. The van der Waals surface area contributed by atoms with Gasteiger partial charge in [0, 0.05) is 24.2 Å². The lowest BCUT2D eigenvalue weighted by molar-refractivity contribution is 0.0945. The summed E-state index contributed by atoms with van der Waals surface area (Å²) in [5, 5.41) is 16.1. The molecule has 2 heterocycles. The highest BCUT2D eigenvalue weighted by atomic mass is 35.5. The van der Waals surface area contributed by atoms with Crippen molar-refractivity contribution in [2.75, 3.05) is 18.5 Å². The summed E-state index contributed by atoms with van der Waals surface area (Å²) in [6.45, 7) is 0.118. The molecule has 3 N–H and O–H groups in total. The second-order valence-electron chi connectivity index (χ2n) is 5.93. The molecule has 27 heavy (non-hydrogen) atoms. The number of carbonyl (C=O) groups excluding carboxylic acids is 1. The predicted octanol–water partition coefficient (Wildman–Crippen LogP) is 3.30. The zero-order chi connectivity index (χ0) is 19.0. The SMILES string of the molecule is Cn1c(Nc2nc3ccc(Cl)cc3s2)nc2cc(C(=O)NCCO)ccc21. The van der Waals surface area contributed by atoms with Crippen LogP contribution < -0.4 is 10.6 Å². The van der Waals surface area contributed by atoms with Crippen molar-refractivity contribution >= 4 is 61.2 Å². The standard InChI is InChI=1S/C18H16ClN5O2S/c1-24-14-5-2-10(16(26)20-6-7-25)8-13(14)21-17(24)23-18-22-12-4-3-11(19)9-15(12)27-18/h2-5,8-9,25H,6-7H2,1H3,(H,20,26)(H,21,22,23). The molecule has 7 nitrogen and oxygen atoms in total. The molecule has 0 saturated heterocycles. The largest absolute Gasteiger partial charge is 0.395 e. The maximum absolute atomic E-state index is 12.1. The van der Waals surface area contributed by atoms with Crippen LogP contribution >= 0.6 is 22.9 Å². The van der Waals surface area contributed by atoms with Crippen molar-refractivity contribution in [3.63, 3.8) is 0 Å². The number of fused-ring (bicyclic) bond motifs is 2. The Labute approximate surface area is 163 Å². The number of aliphatic hydroxyl groups excluding tert-OH is 1. The van der Waals surface area contributed by atoms with Gasteiger partial charge in [0.2, 0.25) is 5.95 Å². The highest BCUT2D eigenvalue weighted by Gasteiger charge is 2.13. The van der Waals surface area contributed by atoms with E-state index in [0.29, 0.717) is 27.2 Å². The fourth-order valence-corrected chi connectivity index (χ4v) is 3.91. The molecular formula is C18H16ClN5O2S. The van der Waals surface area contributed by atoms with Crippen LogP contribution in [0.2, 0.25) is 5.02 Å². The van der Waals surface area contributed by atoms with Gasteiger partial charge in [0.25, 0.3) is 5.91 Å². The summed E-state index contributed by atoms with van der Waals surface area (Å²) in [5.74, 6) is 0.386.